The van der Waals surface area contributed by atoms with E-state index in [1.165, 1.54) is 0 Å². The van der Waals surface area contributed by atoms with E-state index < -0.39 is 23.0 Å². The molecule has 1 fully saturated rings. The molecule has 0 aromatic heterocycles. The Hall–Kier alpha value is -2.05. The maximum Gasteiger partial charge on any atom is 0.251 e. The van der Waals surface area contributed by atoms with Gasteiger partial charge in [-0.3, -0.25) is 4.79 Å². The second-order valence-electron chi connectivity index (χ2n) is 6.68. The van der Waals surface area contributed by atoms with Crippen LogP contribution in [0, 0.1) is 23.4 Å². The van der Waals surface area contributed by atoms with Crippen molar-refractivity contribution in [1.82, 2.24) is 5.32 Å². The molecule has 3 nitrogen and oxygen atoms in total. The van der Waals surface area contributed by atoms with Crippen molar-refractivity contribution in [2.75, 3.05) is 6.54 Å². The maximum absolute atomic E-state index is 13.3. The highest BCUT2D eigenvalue weighted by Gasteiger charge is 2.41. The molecule has 0 heterocycles. The van der Waals surface area contributed by atoms with Crippen LogP contribution in [-0.4, -0.2) is 18.0 Å². The highest BCUT2D eigenvalue weighted by atomic mass is 35.5. The van der Waals surface area contributed by atoms with Gasteiger partial charge >= 0.3 is 0 Å². The Morgan fingerprint density at radius 2 is 1.65 bits per heavy atom. The van der Waals surface area contributed by atoms with Gasteiger partial charge < -0.3 is 11.1 Å². The molecule has 2 aromatic carbocycles. The SMILES string of the molecule is CC(CN)(NC(=O)c1ccc(-c2cc(F)c(F)c(F)c2)cc1)C1CC1.Cl. The van der Waals surface area contributed by atoms with Crippen molar-refractivity contribution in [3.05, 3.63) is 59.4 Å². The van der Waals surface area contributed by atoms with Crippen LogP contribution < -0.4 is 11.1 Å². The standard InChI is InChI=1S/C19H19F3N2O.ClH/c1-19(10-23,14-6-7-14)24-18(25)12-4-2-11(3-5-12)13-8-15(20)17(22)16(21)9-13;/h2-5,8-9,14H,6-7,10,23H2,1H3,(H,24,25);1H. The summed E-state index contributed by atoms with van der Waals surface area (Å²) in [6.07, 6.45) is 2.10. The van der Waals surface area contributed by atoms with E-state index in [4.69, 9.17) is 5.73 Å². The van der Waals surface area contributed by atoms with Gasteiger partial charge in [0.05, 0.1) is 5.54 Å². The minimum atomic E-state index is -1.50. The zero-order chi connectivity index (χ0) is 18.2. The Labute approximate surface area is 156 Å². The Morgan fingerprint density at radius 1 is 1.12 bits per heavy atom. The number of benzene rings is 2. The van der Waals surface area contributed by atoms with Gasteiger partial charge in [0.2, 0.25) is 0 Å². The molecule has 1 atom stereocenters. The first-order valence-corrected chi connectivity index (χ1v) is 8.11. The second-order valence-corrected chi connectivity index (χ2v) is 6.68. The van der Waals surface area contributed by atoms with Crippen LogP contribution in [0.3, 0.4) is 0 Å². The summed E-state index contributed by atoms with van der Waals surface area (Å²) in [5, 5.41) is 2.97. The molecule has 1 unspecified atom stereocenters. The first-order chi connectivity index (χ1) is 11.8. The van der Waals surface area contributed by atoms with E-state index in [0.717, 1.165) is 25.0 Å². The molecule has 1 saturated carbocycles. The van der Waals surface area contributed by atoms with Crippen LogP contribution in [0.2, 0.25) is 0 Å². The predicted molar refractivity (Wildman–Crippen MR) is 96.6 cm³/mol. The number of halogens is 4. The van der Waals surface area contributed by atoms with Crippen LogP contribution in [0.25, 0.3) is 11.1 Å². The fourth-order valence-electron chi connectivity index (χ4n) is 2.91. The third-order valence-electron chi connectivity index (χ3n) is 4.77. The fraction of sp³-hybridized carbons (Fsp3) is 0.316. The normalized spacial score (nSPS) is 15.7. The van der Waals surface area contributed by atoms with E-state index in [0.29, 0.717) is 23.6 Å². The lowest BCUT2D eigenvalue weighted by molar-refractivity contribution is 0.0898. The first kappa shape index (κ1) is 20.3. The van der Waals surface area contributed by atoms with Gasteiger partial charge in [-0.05, 0) is 61.1 Å². The average Bonchev–Trinajstić information content (AvgIpc) is 3.44. The molecule has 1 aliphatic carbocycles. The summed E-state index contributed by atoms with van der Waals surface area (Å²) in [4.78, 5) is 12.4. The van der Waals surface area contributed by atoms with Gasteiger partial charge in [-0.15, -0.1) is 12.4 Å². The monoisotopic (exact) mass is 384 g/mol. The van der Waals surface area contributed by atoms with E-state index in [-0.39, 0.29) is 23.9 Å². The van der Waals surface area contributed by atoms with Gasteiger partial charge in [0.15, 0.2) is 17.5 Å². The Balaban J connectivity index is 0.00000243. The molecule has 0 aliphatic heterocycles. The van der Waals surface area contributed by atoms with Gasteiger partial charge in [0.25, 0.3) is 5.91 Å². The predicted octanol–water partition coefficient (Wildman–Crippen LogP) is 4.05. The van der Waals surface area contributed by atoms with Crippen LogP contribution in [-0.2, 0) is 0 Å². The maximum atomic E-state index is 13.3. The van der Waals surface area contributed by atoms with E-state index in [2.05, 4.69) is 5.32 Å². The smallest absolute Gasteiger partial charge is 0.251 e. The fourth-order valence-corrected chi connectivity index (χ4v) is 2.91. The van der Waals surface area contributed by atoms with Crippen molar-refractivity contribution in [3.8, 4) is 11.1 Å². The van der Waals surface area contributed by atoms with Crippen molar-refractivity contribution >= 4 is 18.3 Å². The molecule has 0 bridgehead atoms. The number of rotatable bonds is 5. The molecule has 26 heavy (non-hydrogen) atoms. The van der Waals surface area contributed by atoms with Crippen molar-refractivity contribution in [2.45, 2.75) is 25.3 Å². The minimum Gasteiger partial charge on any atom is -0.345 e. The molecule has 0 radical (unpaired) electrons. The summed E-state index contributed by atoms with van der Waals surface area (Å²) in [6, 6.07) is 8.11. The quantitative estimate of drug-likeness (QED) is 0.764. The van der Waals surface area contributed by atoms with Crippen LogP contribution in [0.1, 0.15) is 30.1 Å². The molecule has 1 aliphatic rings. The summed E-state index contributed by atoms with van der Waals surface area (Å²) in [5.41, 5.74) is 6.48. The first-order valence-electron chi connectivity index (χ1n) is 8.11. The third kappa shape index (κ3) is 4.02. The summed E-state index contributed by atoms with van der Waals surface area (Å²) >= 11 is 0. The van der Waals surface area contributed by atoms with Crippen LogP contribution >= 0.6 is 12.4 Å². The van der Waals surface area contributed by atoms with E-state index in [1.807, 2.05) is 6.92 Å². The van der Waals surface area contributed by atoms with Crippen molar-refractivity contribution < 1.29 is 18.0 Å². The van der Waals surface area contributed by atoms with Gasteiger partial charge in [-0.25, -0.2) is 13.2 Å². The zero-order valence-corrected chi connectivity index (χ0v) is 15.0. The van der Waals surface area contributed by atoms with Crippen LogP contribution in [0.5, 0.6) is 0 Å². The van der Waals surface area contributed by atoms with Crippen LogP contribution in [0.15, 0.2) is 36.4 Å². The van der Waals surface area contributed by atoms with Crippen LogP contribution in [0.4, 0.5) is 13.2 Å². The topological polar surface area (TPSA) is 55.1 Å². The number of hydrogen-bond acceptors (Lipinski definition) is 2. The number of nitrogens with one attached hydrogen (secondary N) is 1. The molecule has 3 N–H and O–H groups in total. The van der Waals surface area contributed by atoms with Crippen molar-refractivity contribution in [3.63, 3.8) is 0 Å². The molecular formula is C19H20ClF3N2O. The highest BCUT2D eigenvalue weighted by Crippen LogP contribution is 2.39. The Kier molecular flexibility index (Phi) is 5.98. The molecule has 0 spiro atoms. The number of carbonyl (C=O) groups is 1. The van der Waals surface area contributed by atoms with Crippen molar-refractivity contribution in [2.24, 2.45) is 11.7 Å². The van der Waals surface area contributed by atoms with E-state index in [9.17, 15) is 18.0 Å². The summed E-state index contributed by atoms with van der Waals surface area (Å²) in [7, 11) is 0. The number of nitrogens with two attached hydrogens (primary N) is 1. The van der Waals surface area contributed by atoms with Gasteiger partial charge in [-0.2, -0.15) is 0 Å². The van der Waals surface area contributed by atoms with Crippen molar-refractivity contribution in [1.29, 1.82) is 0 Å². The third-order valence-corrected chi connectivity index (χ3v) is 4.77. The van der Waals surface area contributed by atoms with Gasteiger partial charge in [0, 0.05) is 12.1 Å². The molecular weight excluding hydrogens is 365 g/mol. The van der Waals surface area contributed by atoms with E-state index in [1.54, 1.807) is 24.3 Å². The molecule has 3 rings (SSSR count). The largest absolute Gasteiger partial charge is 0.345 e. The molecule has 0 saturated heterocycles. The Morgan fingerprint density at radius 3 is 2.12 bits per heavy atom. The summed E-state index contributed by atoms with van der Waals surface area (Å²) < 4.78 is 39.7. The zero-order valence-electron chi connectivity index (χ0n) is 14.2. The molecule has 7 heteroatoms. The lowest BCUT2D eigenvalue weighted by atomic mass is 9.95. The van der Waals surface area contributed by atoms with Gasteiger partial charge in [0.1, 0.15) is 0 Å². The Bertz CT molecular complexity index is 786. The lowest BCUT2D eigenvalue weighted by Gasteiger charge is -2.29. The minimum absolute atomic E-state index is 0. The molecule has 2 aromatic rings. The molecule has 140 valence electrons. The number of carbonyl (C=O) groups excluding carboxylic acids is 1. The number of amides is 1. The highest BCUT2D eigenvalue weighted by molar-refractivity contribution is 5.95. The van der Waals surface area contributed by atoms with E-state index >= 15 is 0 Å². The summed E-state index contributed by atoms with van der Waals surface area (Å²) in [5.74, 6) is -3.85. The molecule has 1 amide bonds. The average molecular weight is 385 g/mol. The lowest BCUT2D eigenvalue weighted by Crippen LogP contribution is -2.53. The van der Waals surface area contributed by atoms with Gasteiger partial charge in [-0.1, -0.05) is 12.1 Å². The number of hydrogen-bond donors (Lipinski definition) is 2. The second kappa shape index (κ2) is 7.68. The summed E-state index contributed by atoms with van der Waals surface area (Å²) in [6.45, 7) is 2.29.